The molecule has 1 rings (SSSR count). The molecule has 1 atom stereocenters. The summed E-state index contributed by atoms with van der Waals surface area (Å²) in [4.78, 5) is 14.2. The van der Waals surface area contributed by atoms with Gasteiger partial charge in [0.25, 0.3) is 0 Å². The number of anilines is 1. The summed E-state index contributed by atoms with van der Waals surface area (Å²) in [6.45, 7) is 2.08. The quantitative estimate of drug-likeness (QED) is 0.784. The van der Waals surface area contributed by atoms with E-state index >= 15 is 0 Å². The first kappa shape index (κ1) is 15.3. The number of rotatable bonds is 6. The molecule has 0 bridgehead atoms. The monoisotopic (exact) mass is 276 g/mol. The van der Waals surface area contributed by atoms with E-state index in [4.69, 9.17) is 5.11 Å². The van der Waals surface area contributed by atoms with Crippen molar-refractivity contribution in [3.05, 3.63) is 23.9 Å². The number of hydrogen-bond donors (Lipinski definition) is 2. The van der Waals surface area contributed by atoms with Crippen molar-refractivity contribution in [3.63, 3.8) is 0 Å². The lowest BCUT2D eigenvalue weighted by Gasteiger charge is -2.09. The van der Waals surface area contributed by atoms with Crippen LogP contribution in [0, 0.1) is 5.92 Å². The second-order valence-electron chi connectivity index (χ2n) is 4.24. The Balaban J connectivity index is 2.37. The zero-order valence-electron chi connectivity index (χ0n) is 10.4. The fraction of sp³-hybridized carbons (Fsp3) is 0.500. The zero-order valence-corrected chi connectivity index (χ0v) is 10.4. The van der Waals surface area contributed by atoms with Crippen LogP contribution in [0.1, 0.15) is 25.3 Å². The van der Waals surface area contributed by atoms with E-state index in [1.54, 1.807) is 6.92 Å². The Kier molecular flexibility index (Phi) is 5.14. The predicted octanol–water partition coefficient (Wildman–Crippen LogP) is 3.01. The number of halogens is 3. The summed E-state index contributed by atoms with van der Waals surface area (Å²) >= 11 is 0. The molecule has 0 saturated heterocycles. The zero-order chi connectivity index (χ0) is 14.5. The molecule has 1 unspecified atom stereocenters. The normalized spacial score (nSPS) is 13.1. The molecule has 0 aromatic carbocycles. The molecule has 0 aliphatic heterocycles. The average molecular weight is 276 g/mol. The van der Waals surface area contributed by atoms with E-state index < -0.39 is 23.6 Å². The summed E-state index contributed by atoms with van der Waals surface area (Å²) < 4.78 is 36.8. The van der Waals surface area contributed by atoms with Crippen molar-refractivity contribution in [2.75, 3.05) is 11.9 Å². The molecule has 1 heterocycles. The lowest BCUT2D eigenvalue weighted by molar-refractivity contribution is -0.141. The Hall–Kier alpha value is -1.79. The standard InChI is InChI=1S/C12H15F3N2O2/c1-8(11(18)19)3-2-6-16-10-5-4-9(7-17-10)12(13,14)15/h4-5,7-8H,2-3,6H2,1H3,(H,16,17)(H,18,19). The van der Waals surface area contributed by atoms with Gasteiger partial charge in [0, 0.05) is 12.7 Å². The minimum absolute atomic E-state index is 0.343. The Morgan fingerprint density at radius 1 is 1.47 bits per heavy atom. The van der Waals surface area contributed by atoms with Crippen molar-refractivity contribution in [2.45, 2.75) is 25.9 Å². The van der Waals surface area contributed by atoms with E-state index in [1.807, 2.05) is 0 Å². The van der Waals surface area contributed by atoms with Crippen molar-refractivity contribution in [1.82, 2.24) is 4.98 Å². The van der Waals surface area contributed by atoms with Crippen LogP contribution in [0.3, 0.4) is 0 Å². The van der Waals surface area contributed by atoms with E-state index in [2.05, 4.69) is 10.3 Å². The number of alkyl halides is 3. The van der Waals surface area contributed by atoms with Gasteiger partial charge in [-0.25, -0.2) is 4.98 Å². The fourth-order valence-electron chi connectivity index (χ4n) is 1.41. The van der Waals surface area contributed by atoms with Crippen LogP contribution < -0.4 is 5.32 Å². The Labute approximate surface area is 108 Å². The van der Waals surface area contributed by atoms with Gasteiger partial charge in [-0.2, -0.15) is 13.2 Å². The highest BCUT2D eigenvalue weighted by Crippen LogP contribution is 2.28. The summed E-state index contributed by atoms with van der Waals surface area (Å²) in [6.07, 6.45) is -2.51. The Morgan fingerprint density at radius 3 is 2.63 bits per heavy atom. The molecular weight excluding hydrogens is 261 g/mol. The smallest absolute Gasteiger partial charge is 0.417 e. The minimum Gasteiger partial charge on any atom is -0.481 e. The number of hydrogen-bond acceptors (Lipinski definition) is 3. The first-order valence-electron chi connectivity index (χ1n) is 5.80. The van der Waals surface area contributed by atoms with Crippen LogP contribution >= 0.6 is 0 Å². The van der Waals surface area contributed by atoms with Gasteiger partial charge in [0.2, 0.25) is 0 Å². The molecular formula is C12H15F3N2O2. The summed E-state index contributed by atoms with van der Waals surface area (Å²) in [5.41, 5.74) is -0.794. The van der Waals surface area contributed by atoms with Crippen LogP contribution in [0.4, 0.5) is 19.0 Å². The number of nitrogens with zero attached hydrogens (tertiary/aromatic N) is 1. The Bertz CT molecular complexity index is 418. The van der Waals surface area contributed by atoms with Gasteiger partial charge in [-0.1, -0.05) is 6.92 Å². The number of aromatic nitrogens is 1. The summed E-state index contributed by atoms with van der Waals surface area (Å²) in [7, 11) is 0. The molecule has 106 valence electrons. The van der Waals surface area contributed by atoms with Gasteiger partial charge in [0.05, 0.1) is 11.5 Å². The van der Waals surface area contributed by atoms with Crippen molar-refractivity contribution >= 4 is 11.8 Å². The first-order valence-corrected chi connectivity index (χ1v) is 5.80. The second kappa shape index (κ2) is 6.40. The molecule has 1 aromatic rings. The van der Waals surface area contributed by atoms with E-state index in [9.17, 15) is 18.0 Å². The van der Waals surface area contributed by atoms with Gasteiger partial charge in [-0.05, 0) is 25.0 Å². The number of nitrogens with one attached hydrogen (secondary N) is 1. The van der Waals surface area contributed by atoms with Crippen LogP contribution in [0.15, 0.2) is 18.3 Å². The molecule has 19 heavy (non-hydrogen) atoms. The maximum atomic E-state index is 12.3. The van der Waals surface area contributed by atoms with Crippen molar-refractivity contribution in [2.24, 2.45) is 5.92 Å². The minimum atomic E-state index is -4.39. The van der Waals surface area contributed by atoms with Gasteiger partial charge >= 0.3 is 12.1 Å². The highest BCUT2D eigenvalue weighted by atomic mass is 19.4. The summed E-state index contributed by atoms with van der Waals surface area (Å²) in [5.74, 6) is -0.939. The summed E-state index contributed by atoms with van der Waals surface area (Å²) in [5, 5.41) is 11.5. The topological polar surface area (TPSA) is 62.2 Å². The number of aliphatic carboxylic acids is 1. The van der Waals surface area contributed by atoms with E-state index in [0.717, 1.165) is 12.3 Å². The number of carboxylic acids is 1. The van der Waals surface area contributed by atoms with E-state index in [-0.39, 0.29) is 0 Å². The van der Waals surface area contributed by atoms with Crippen molar-refractivity contribution in [1.29, 1.82) is 0 Å². The average Bonchev–Trinajstić information content (AvgIpc) is 2.33. The maximum Gasteiger partial charge on any atom is 0.417 e. The maximum absolute atomic E-state index is 12.3. The lowest BCUT2D eigenvalue weighted by atomic mass is 10.1. The van der Waals surface area contributed by atoms with Gasteiger partial charge < -0.3 is 10.4 Å². The van der Waals surface area contributed by atoms with Crippen molar-refractivity contribution in [3.8, 4) is 0 Å². The van der Waals surface area contributed by atoms with E-state index in [0.29, 0.717) is 25.2 Å². The predicted molar refractivity (Wildman–Crippen MR) is 63.8 cm³/mol. The molecule has 0 fully saturated rings. The molecule has 0 aliphatic carbocycles. The molecule has 2 N–H and O–H groups in total. The third kappa shape index (κ3) is 5.15. The van der Waals surface area contributed by atoms with Crippen LogP contribution in [0.5, 0.6) is 0 Å². The van der Waals surface area contributed by atoms with Crippen LogP contribution in [0.2, 0.25) is 0 Å². The largest absolute Gasteiger partial charge is 0.481 e. The summed E-state index contributed by atoms with van der Waals surface area (Å²) in [6, 6.07) is 2.21. The highest BCUT2D eigenvalue weighted by Gasteiger charge is 2.30. The SMILES string of the molecule is CC(CCCNc1ccc(C(F)(F)F)cn1)C(=O)O. The molecule has 0 saturated carbocycles. The molecule has 0 spiro atoms. The Morgan fingerprint density at radius 2 is 2.16 bits per heavy atom. The molecule has 4 nitrogen and oxygen atoms in total. The van der Waals surface area contributed by atoms with Crippen molar-refractivity contribution < 1.29 is 23.1 Å². The third-order valence-electron chi connectivity index (χ3n) is 2.63. The molecule has 0 amide bonds. The lowest BCUT2D eigenvalue weighted by Crippen LogP contribution is -2.12. The van der Waals surface area contributed by atoms with Gasteiger partial charge in [0.1, 0.15) is 5.82 Å². The number of pyridine rings is 1. The number of carboxylic acid groups (broad SMARTS) is 1. The van der Waals surface area contributed by atoms with Crippen LogP contribution in [-0.2, 0) is 11.0 Å². The fourth-order valence-corrected chi connectivity index (χ4v) is 1.41. The molecule has 0 radical (unpaired) electrons. The molecule has 7 heteroatoms. The van der Waals surface area contributed by atoms with Crippen LogP contribution in [-0.4, -0.2) is 22.6 Å². The first-order chi connectivity index (χ1) is 8.80. The van der Waals surface area contributed by atoms with Gasteiger partial charge in [-0.3, -0.25) is 4.79 Å². The second-order valence-corrected chi connectivity index (χ2v) is 4.24. The van der Waals surface area contributed by atoms with Crippen LogP contribution in [0.25, 0.3) is 0 Å². The third-order valence-corrected chi connectivity index (χ3v) is 2.63. The van der Waals surface area contributed by atoms with Gasteiger partial charge in [0.15, 0.2) is 0 Å². The van der Waals surface area contributed by atoms with E-state index in [1.165, 1.54) is 6.07 Å². The highest BCUT2D eigenvalue weighted by molar-refractivity contribution is 5.69. The molecule has 1 aromatic heterocycles. The van der Waals surface area contributed by atoms with Gasteiger partial charge in [-0.15, -0.1) is 0 Å². The molecule has 0 aliphatic rings. The number of carbonyl (C=O) groups is 1.